The number of benzene rings is 1. The average Bonchev–Trinajstić information content (AvgIpc) is 3.00. The van der Waals surface area contributed by atoms with E-state index in [0.717, 1.165) is 51.9 Å². The zero-order valence-electron chi connectivity index (χ0n) is 19.1. The number of likely N-dealkylation sites (tertiary alicyclic amines) is 1. The highest BCUT2D eigenvalue weighted by atomic mass is 16.2. The molecule has 1 saturated heterocycles. The van der Waals surface area contributed by atoms with E-state index in [1.54, 1.807) is 18.2 Å². The van der Waals surface area contributed by atoms with Crippen LogP contribution in [0.4, 0.5) is 11.4 Å². The highest BCUT2D eigenvalue weighted by molar-refractivity contribution is 5.95. The van der Waals surface area contributed by atoms with Crippen molar-refractivity contribution in [3.8, 4) is 0 Å². The molecule has 0 bridgehead atoms. The van der Waals surface area contributed by atoms with Crippen LogP contribution in [0.5, 0.6) is 0 Å². The van der Waals surface area contributed by atoms with Crippen molar-refractivity contribution in [3.63, 3.8) is 0 Å². The topological polar surface area (TPSA) is 81.8 Å². The first-order valence-electron chi connectivity index (χ1n) is 11.7. The SMILES string of the molecule is CCCN(CCC)C(=O)CCC(=O)Nc1cccc(NC(=O)CN2CCCCCC2)c1. The third-order valence-corrected chi connectivity index (χ3v) is 5.40. The lowest BCUT2D eigenvalue weighted by molar-refractivity contribution is -0.133. The number of nitrogens with zero attached hydrogens (tertiary/aromatic N) is 2. The minimum absolute atomic E-state index is 0.0216. The fraction of sp³-hybridized carbons (Fsp3) is 0.625. The number of amides is 3. The summed E-state index contributed by atoms with van der Waals surface area (Å²) < 4.78 is 0. The largest absolute Gasteiger partial charge is 0.343 e. The maximum absolute atomic E-state index is 12.4. The van der Waals surface area contributed by atoms with Crippen LogP contribution in [0.15, 0.2) is 24.3 Å². The Hall–Kier alpha value is -2.41. The van der Waals surface area contributed by atoms with Gasteiger partial charge in [0.2, 0.25) is 17.7 Å². The second-order valence-corrected chi connectivity index (χ2v) is 8.25. The summed E-state index contributed by atoms with van der Waals surface area (Å²) in [5.74, 6) is -0.217. The lowest BCUT2D eigenvalue weighted by atomic mass is 10.2. The fourth-order valence-corrected chi connectivity index (χ4v) is 3.88. The first-order chi connectivity index (χ1) is 15.0. The first kappa shape index (κ1) is 24.9. The lowest BCUT2D eigenvalue weighted by Gasteiger charge is -2.21. The third-order valence-electron chi connectivity index (χ3n) is 5.40. The number of carbonyl (C=O) groups excluding carboxylic acids is 3. The van der Waals surface area contributed by atoms with Crippen LogP contribution in [0.3, 0.4) is 0 Å². The molecule has 1 aliphatic heterocycles. The lowest BCUT2D eigenvalue weighted by Crippen LogP contribution is -2.33. The van der Waals surface area contributed by atoms with Crippen molar-refractivity contribution in [2.75, 3.05) is 43.4 Å². The quantitative estimate of drug-likeness (QED) is 0.558. The highest BCUT2D eigenvalue weighted by Crippen LogP contribution is 2.16. The molecule has 0 saturated carbocycles. The molecule has 2 rings (SSSR count). The van der Waals surface area contributed by atoms with Crippen LogP contribution in [-0.4, -0.2) is 60.2 Å². The number of rotatable bonds is 11. The standard InChI is InChI=1S/C24H38N4O3/c1-3-14-28(15-4-2)24(31)13-12-22(29)25-20-10-9-11-21(18-20)26-23(30)19-27-16-7-5-6-8-17-27/h9-11,18H,3-8,12-17,19H2,1-2H3,(H,25,29)(H,26,30). The average molecular weight is 431 g/mol. The Balaban J connectivity index is 1.80. The molecule has 172 valence electrons. The summed E-state index contributed by atoms with van der Waals surface area (Å²) in [6.45, 7) is 7.88. The normalized spacial score (nSPS) is 14.5. The number of carbonyl (C=O) groups is 3. The van der Waals surface area contributed by atoms with Crippen molar-refractivity contribution in [2.24, 2.45) is 0 Å². The van der Waals surface area contributed by atoms with Gasteiger partial charge in [-0.2, -0.15) is 0 Å². The summed E-state index contributed by atoms with van der Waals surface area (Å²) in [5.41, 5.74) is 1.27. The van der Waals surface area contributed by atoms with Gasteiger partial charge in [-0.25, -0.2) is 0 Å². The maximum Gasteiger partial charge on any atom is 0.238 e. The predicted molar refractivity (Wildman–Crippen MR) is 125 cm³/mol. The number of hydrogen-bond acceptors (Lipinski definition) is 4. The van der Waals surface area contributed by atoms with Crippen molar-refractivity contribution < 1.29 is 14.4 Å². The molecule has 7 nitrogen and oxygen atoms in total. The van der Waals surface area contributed by atoms with Gasteiger partial charge >= 0.3 is 0 Å². The Morgan fingerprint density at radius 3 is 2.03 bits per heavy atom. The second kappa shape index (κ2) is 13.8. The Bertz CT molecular complexity index is 709. The molecule has 1 aromatic carbocycles. The third kappa shape index (κ3) is 9.51. The van der Waals surface area contributed by atoms with Crippen molar-refractivity contribution in [1.29, 1.82) is 0 Å². The zero-order valence-corrected chi connectivity index (χ0v) is 19.1. The number of anilines is 2. The van der Waals surface area contributed by atoms with E-state index >= 15 is 0 Å². The summed E-state index contributed by atoms with van der Waals surface area (Å²) >= 11 is 0. The molecule has 7 heteroatoms. The van der Waals surface area contributed by atoms with Gasteiger partial charge in [-0.05, 0) is 57.0 Å². The molecule has 0 radical (unpaired) electrons. The Kier molecular flexibility index (Phi) is 11.1. The number of nitrogens with one attached hydrogen (secondary N) is 2. The van der Waals surface area contributed by atoms with Crippen LogP contribution in [-0.2, 0) is 14.4 Å². The molecule has 0 aromatic heterocycles. The highest BCUT2D eigenvalue weighted by Gasteiger charge is 2.15. The van der Waals surface area contributed by atoms with E-state index in [1.165, 1.54) is 12.8 Å². The molecule has 0 atom stereocenters. The molecule has 1 fully saturated rings. The molecule has 1 heterocycles. The van der Waals surface area contributed by atoms with Gasteiger partial charge in [0.05, 0.1) is 6.54 Å². The van der Waals surface area contributed by atoms with Crippen molar-refractivity contribution in [1.82, 2.24) is 9.80 Å². The molecule has 1 aromatic rings. The van der Waals surface area contributed by atoms with Crippen LogP contribution < -0.4 is 10.6 Å². The van der Waals surface area contributed by atoms with Gasteiger partial charge in [-0.3, -0.25) is 19.3 Å². The van der Waals surface area contributed by atoms with E-state index in [1.807, 2.05) is 24.8 Å². The predicted octanol–water partition coefficient (Wildman–Crippen LogP) is 3.87. The molecule has 0 unspecified atom stereocenters. The molecule has 31 heavy (non-hydrogen) atoms. The molecule has 0 spiro atoms. The van der Waals surface area contributed by atoms with E-state index in [4.69, 9.17) is 0 Å². The summed E-state index contributed by atoms with van der Waals surface area (Å²) in [5, 5.41) is 5.76. The monoisotopic (exact) mass is 430 g/mol. The fourth-order valence-electron chi connectivity index (χ4n) is 3.88. The van der Waals surface area contributed by atoms with Gasteiger partial charge in [0.25, 0.3) is 0 Å². The molecule has 3 amide bonds. The van der Waals surface area contributed by atoms with Crippen LogP contribution in [0.2, 0.25) is 0 Å². The molecule has 0 aliphatic carbocycles. The van der Waals surface area contributed by atoms with Gasteiger partial charge in [0.1, 0.15) is 0 Å². The van der Waals surface area contributed by atoms with Crippen LogP contribution >= 0.6 is 0 Å². The van der Waals surface area contributed by atoms with Crippen LogP contribution in [0.25, 0.3) is 0 Å². The second-order valence-electron chi connectivity index (χ2n) is 8.25. The van der Waals surface area contributed by atoms with Crippen LogP contribution in [0, 0.1) is 0 Å². The summed E-state index contributed by atoms with van der Waals surface area (Å²) in [6.07, 6.45) is 6.94. The van der Waals surface area contributed by atoms with Gasteiger partial charge in [-0.1, -0.05) is 32.8 Å². The van der Waals surface area contributed by atoms with E-state index in [-0.39, 0.29) is 30.6 Å². The van der Waals surface area contributed by atoms with Gasteiger partial charge in [-0.15, -0.1) is 0 Å². The van der Waals surface area contributed by atoms with Gasteiger partial charge < -0.3 is 15.5 Å². The summed E-state index contributed by atoms with van der Waals surface area (Å²) in [7, 11) is 0. The Morgan fingerprint density at radius 1 is 0.871 bits per heavy atom. The minimum atomic E-state index is -0.200. The number of hydrogen-bond donors (Lipinski definition) is 2. The summed E-state index contributed by atoms with van der Waals surface area (Å²) in [6, 6.07) is 7.14. The maximum atomic E-state index is 12.4. The first-order valence-corrected chi connectivity index (χ1v) is 11.7. The molecular weight excluding hydrogens is 392 g/mol. The molecular formula is C24H38N4O3. The van der Waals surface area contributed by atoms with Crippen molar-refractivity contribution in [3.05, 3.63) is 24.3 Å². The van der Waals surface area contributed by atoms with Crippen molar-refractivity contribution >= 4 is 29.1 Å². The zero-order chi connectivity index (χ0) is 22.5. The van der Waals surface area contributed by atoms with Gasteiger partial charge in [0.15, 0.2) is 0 Å². The van der Waals surface area contributed by atoms with Crippen molar-refractivity contribution in [2.45, 2.75) is 65.2 Å². The van der Waals surface area contributed by atoms with E-state index in [9.17, 15) is 14.4 Å². The van der Waals surface area contributed by atoms with E-state index < -0.39 is 0 Å². The van der Waals surface area contributed by atoms with E-state index in [2.05, 4.69) is 15.5 Å². The molecule has 2 N–H and O–H groups in total. The Labute approximate surface area is 186 Å². The minimum Gasteiger partial charge on any atom is -0.343 e. The summed E-state index contributed by atoms with van der Waals surface area (Å²) in [4.78, 5) is 41.1. The van der Waals surface area contributed by atoms with Crippen LogP contribution in [0.1, 0.15) is 65.2 Å². The van der Waals surface area contributed by atoms with Gasteiger partial charge in [0, 0.05) is 37.3 Å². The van der Waals surface area contributed by atoms with E-state index in [0.29, 0.717) is 17.9 Å². The Morgan fingerprint density at radius 2 is 1.45 bits per heavy atom. The smallest absolute Gasteiger partial charge is 0.238 e. The molecule has 1 aliphatic rings.